The summed E-state index contributed by atoms with van der Waals surface area (Å²) in [6, 6.07) is 4.28. The molecule has 0 aliphatic carbocycles. The van der Waals surface area contributed by atoms with Gasteiger partial charge in [-0.3, -0.25) is 29.4 Å². The van der Waals surface area contributed by atoms with Crippen LogP contribution in [0.4, 0.5) is 0 Å². The van der Waals surface area contributed by atoms with Crippen LogP contribution in [0.25, 0.3) is 0 Å². The van der Waals surface area contributed by atoms with Crippen molar-refractivity contribution in [3.05, 3.63) is 34.9 Å². The predicted octanol–water partition coefficient (Wildman–Crippen LogP) is -0.710. The van der Waals surface area contributed by atoms with E-state index in [2.05, 4.69) is 16.0 Å². The number of carbonyl (C=O) groups excluding carboxylic acids is 4. The molecule has 0 bridgehead atoms. The number of benzene rings is 1. The number of aliphatic hydroxyl groups excluding tert-OH is 1. The van der Waals surface area contributed by atoms with Crippen LogP contribution in [-0.2, 0) is 16.1 Å². The van der Waals surface area contributed by atoms with E-state index in [1.807, 2.05) is 0 Å². The summed E-state index contributed by atoms with van der Waals surface area (Å²) in [4.78, 5) is 50.0. The van der Waals surface area contributed by atoms with Crippen LogP contribution in [0, 0.1) is 0 Å². The Labute approximate surface area is 167 Å². The molecule has 1 aromatic carbocycles. The SMILES string of the molecule is O=C1CCC(N2C(=O)c3ccc(CN[C@H]4CCNC[C@@H](O)C4)cc3C2=O)C(=O)N1. The zero-order chi connectivity index (χ0) is 20.5. The summed E-state index contributed by atoms with van der Waals surface area (Å²) < 4.78 is 0. The molecule has 3 heterocycles. The van der Waals surface area contributed by atoms with Gasteiger partial charge in [-0.2, -0.15) is 0 Å². The first-order valence-corrected chi connectivity index (χ1v) is 9.90. The van der Waals surface area contributed by atoms with Crippen molar-refractivity contribution in [3.8, 4) is 0 Å². The number of carbonyl (C=O) groups is 4. The van der Waals surface area contributed by atoms with Crippen LogP contribution in [0.5, 0.6) is 0 Å². The van der Waals surface area contributed by atoms with Gasteiger partial charge < -0.3 is 15.7 Å². The van der Waals surface area contributed by atoms with Gasteiger partial charge in [-0.25, -0.2) is 0 Å². The third-order valence-electron chi connectivity index (χ3n) is 5.71. The van der Waals surface area contributed by atoms with Crippen molar-refractivity contribution in [1.29, 1.82) is 0 Å². The average molecular weight is 400 g/mol. The Morgan fingerprint density at radius 2 is 1.90 bits per heavy atom. The summed E-state index contributed by atoms with van der Waals surface area (Å²) in [6.07, 6.45) is 1.39. The average Bonchev–Trinajstić information content (AvgIpc) is 2.83. The van der Waals surface area contributed by atoms with Crippen LogP contribution in [0.15, 0.2) is 18.2 Å². The van der Waals surface area contributed by atoms with Gasteiger partial charge in [0.1, 0.15) is 6.04 Å². The van der Waals surface area contributed by atoms with E-state index in [-0.39, 0.29) is 30.0 Å². The topological polar surface area (TPSA) is 128 Å². The predicted molar refractivity (Wildman–Crippen MR) is 102 cm³/mol. The molecule has 4 N–H and O–H groups in total. The zero-order valence-electron chi connectivity index (χ0n) is 15.9. The number of hydrogen-bond donors (Lipinski definition) is 4. The molecule has 29 heavy (non-hydrogen) atoms. The Morgan fingerprint density at radius 1 is 1.10 bits per heavy atom. The van der Waals surface area contributed by atoms with Gasteiger partial charge in [0.15, 0.2) is 0 Å². The second-order valence-electron chi connectivity index (χ2n) is 7.79. The Hall–Kier alpha value is -2.62. The molecule has 3 aliphatic rings. The van der Waals surface area contributed by atoms with Crippen molar-refractivity contribution < 1.29 is 24.3 Å². The van der Waals surface area contributed by atoms with Gasteiger partial charge in [0.25, 0.3) is 11.8 Å². The summed E-state index contributed by atoms with van der Waals surface area (Å²) in [7, 11) is 0. The number of nitrogens with zero attached hydrogens (tertiary/aromatic N) is 1. The second kappa shape index (κ2) is 8.02. The first-order chi connectivity index (χ1) is 13.9. The minimum atomic E-state index is -0.957. The van der Waals surface area contributed by atoms with Crippen molar-refractivity contribution in [2.75, 3.05) is 13.1 Å². The maximum absolute atomic E-state index is 12.9. The summed E-state index contributed by atoms with van der Waals surface area (Å²) in [6.45, 7) is 1.92. The highest BCUT2D eigenvalue weighted by molar-refractivity contribution is 6.23. The maximum atomic E-state index is 12.9. The maximum Gasteiger partial charge on any atom is 0.262 e. The number of aliphatic hydroxyl groups is 1. The third kappa shape index (κ3) is 3.93. The molecule has 154 valence electrons. The van der Waals surface area contributed by atoms with Crippen molar-refractivity contribution in [2.24, 2.45) is 0 Å². The molecule has 1 unspecified atom stereocenters. The molecule has 3 aliphatic heterocycles. The van der Waals surface area contributed by atoms with Crippen molar-refractivity contribution in [1.82, 2.24) is 20.9 Å². The van der Waals surface area contributed by atoms with E-state index in [0.717, 1.165) is 23.4 Å². The summed E-state index contributed by atoms with van der Waals surface area (Å²) in [5.74, 6) is -2.01. The van der Waals surface area contributed by atoms with Gasteiger partial charge in [0, 0.05) is 25.6 Å². The van der Waals surface area contributed by atoms with Crippen molar-refractivity contribution >= 4 is 23.6 Å². The highest BCUT2D eigenvalue weighted by Crippen LogP contribution is 2.28. The minimum absolute atomic E-state index is 0.0983. The highest BCUT2D eigenvalue weighted by atomic mass is 16.3. The molecule has 0 saturated carbocycles. The number of rotatable bonds is 4. The van der Waals surface area contributed by atoms with Crippen LogP contribution in [0.2, 0.25) is 0 Å². The number of β-amino-alcohol motifs (C(OH)–C–C–N with tert-alkyl or cyclic N) is 1. The van der Waals surface area contributed by atoms with E-state index in [1.54, 1.807) is 18.2 Å². The van der Waals surface area contributed by atoms with E-state index in [4.69, 9.17) is 0 Å². The zero-order valence-corrected chi connectivity index (χ0v) is 15.9. The molecule has 2 fully saturated rings. The lowest BCUT2D eigenvalue weighted by atomic mass is 10.0. The van der Waals surface area contributed by atoms with Crippen LogP contribution in [0.3, 0.4) is 0 Å². The first-order valence-electron chi connectivity index (χ1n) is 9.90. The van der Waals surface area contributed by atoms with Gasteiger partial charge in [-0.1, -0.05) is 6.07 Å². The number of nitrogens with one attached hydrogen (secondary N) is 3. The van der Waals surface area contributed by atoms with Gasteiger partial charge in [0.05, 0.1) is 17.2 Å². The summed E-state index contributed by atoms with van der Waals surface area (Å²) in [5, 5.41) is 18.7. The van der Waals surface area contributed by atoms with Crippen LogP contribution in [0.1, 0.15) is 52.0 Å². The smallest absolute Gasteiger partial charge is 0.262 e. The molecule has 0 spiro atoms. The number of piperidine rings is 1. The molecule has 1 aromatic rings. The Kier molecular flexibility index (Phi) is 5.44. The van der Waals surface area contributed by atoms with E-state index in [9.17, 15) is 24.3 Å². The standard InChI is InChI=1S/C20H24N4O5/c25-13-8-12(5-6-21-10-13)22-9-11-1-2-14-15(7-11)20(29)24(19(14)28)16-3-4-17(26)23-18(16)27/h1-2,7,12-13,16,21-22,25H,3-6,8-10H2,(H,23,26,27)/t12-,13-,16?/m0/s1. The second-order valence-corrected chi connectivity index (χ2v) is 7.79. The van der Waals surface area contributed by atoms with Crippen LogP contribution in [-0.4, -0.2) is 64.9 Å². The van der Waals surface area contributed by atoms with Gasteiger partial charge in [0.2, 0.25) is 11.8 Å². The van der Waals surface area contributed by atoms with E-state index < -0.39 is 35.8 Å². The molecule has 3 atom stereocenters. The summed E-state index contributed by atoms with van der Waals surface area (Å²) >= 11 is 0. The van der Waals surface area contributed by atoms with E-state index in [1.165, 1.54) is 0 Å². The van der Waals surface area contributed by atoms with Gasteiger partial charge >= 0.3 is 0 Å². The van der Waals surface area contributed by atoms with E-state index in [0.29, 0.717) is 19.5 Å². The Bertz CT molecular complexity index is 870. The van der Waals surface area contributed by atoms with Crippen molar-refractivity contribution in [3.63, 3.8) is 0 Å². The molecule has 0 aromatic heterocycles. The lowest BCUT2D eigenvalue weighted by Crippen LogP contribution is -2.54. The summed E-state index contributed by atoms with van der Waals surface area (Å²) in [5.41, 5.74) is 1.40. The number of amides is 4. The quantitative estimate of drug-likeness (QED) is 0.492. The molecule has 4 rings (SSSR count). The van der Waals surface area contributed by atoms with E-state index >= 15 is 0 Å². The fraction of sp³-hybridized carbons (Fsp3) is 0.500. The highest BCUT2D eigenvalue weighted by Gasteiger charge is 2.44. The minimum Gasteiger partial charge on any atom is -0.392 e. The molecule has 9 nitrogen and oxygen atoms in total. The normalized spacial score (nSPS) is 27.6. The van der Waals surface area contributed by atoms with Crippen LogP contribution < -0.4 is 16.0 Å². The fourth-order valence-corrected chi connectivity index (χ4v) is 4.15. The molecule has 2 saturated heterocycles. The Morgan fingerprint density at radius 3 is 2.69 bits per heavy atom. The number of imide groups is 2. The number of hydrogen-bond acceptors (Lipinski definition) is 7. The molecular weight excluding hydrogens is 376 g/mol. The first kappa shape index (κ1) is 19.7. The van der Waals surface area contributed by atoms with Crippen molar-refractivity contribution in [2.45, 2.75) is 50.4 Å². The lowest BCUT2D eigenvalue weighted by Gasteiger charge is -2.27. The van der Waals surface area contributed by atoms with Gasteiger partial charge in [-0.05, 0) is 43.5 Å². The Balaban J connectivity index is 1.47. The largest absolute Gasteiger partial charge is 0.392 e. The van der Waals surface area contributed by atoms with Crippen LogP contribution >= 0.6 is 0 Å². The fourth-order valence-electron chi connectivity index (χ4n) is 4.15. The molecule has 4 amide bonds. The molecular formula is C20H24N4O5. The third-order valence-corrected chi connectivity index (χ3v) is 5.71. The lowest BCUT2D eigenvalue weighted by molar-refractivity contribution is -0.136. The molecule has 0 radical (unpaired) electrons. The number of fused-ring (bicyclic) bond motifs is 1. The molecule has 9 heteroatoms. The van der Waals surface area contributed by atoms with Gasteiger partial charge in [-0.15, -0.1) is 0 Å². The monoisotopic (exact) mass is 400 g/mol.